The molecule has 0 aromatic carbocycles. The van der Waals surface area contributed by atoms with Crippen LogP contribution in [0.15, 0.2) is 43.2 Å². The van der Waals surface area contributed by atoms with Crippen molar-refractivity contribution in [2.75, 3.05) is 33.3 Å². The van der Waals surface area contributed by atoms with Crippen LogP contribution in [-0.2, 0) is 22.6 Å². The van der Waals surface area contributed by atoms with Gasteiger partial charge in [0.25, 0.3) is 0 Å². The average molecular weight is 387 g/mol. The third kappa shape index (κ3) is 5.29. The van der Waals surface area contributed by atoms with Crippen LogP contribution in [0.2, 0.25) is 0 Å². The molecule has 1 atom stereocenters. The molecule has 2 aromatic heterocycles. The number of pyridine rings is 1. The number of hydrogen-bond acceptors (Lipinski definition) is 5. The van der Waals surface area contributed by atoms with Crippen LogP contribution in [0.5, 0.6) is 0 Å². The predicted octanol–water partition coefficient (Wildman–Crippen LogP) is -1.22. The number of carbonyl (C=O) groups excluding carboxylic acids is 2. The molecule has 1 unspecified atom stereocenters. The minimum atomic E-state index is -0.484. The van der Waals surface area contributed by atoms with Crippen LogP contribution in [0.1, 0.15) is 12.0 Å². The molecule has 3 rings (SSSR count). The second-order valence-electron chi connectivity index (χ2n) is 6.68. The molecular weight excluding hydrogens is 360 g/mol. The fourth-order valence-corrected chi connectivity index (χ4v) is 3.21. The van der Waals surface area contributed by atoms with Crippen LogP contribution >= 0.6 is 0 Å². The van der Waals surface area contributed by atoms with Crippen LogP contribution < -0.4 is 20.2 Å². The third-order valence-corrected chi connectivity index (χ3v) is 4.76. The molecule has 1 aliphatic heterocycles. The molecule has 0 aliphatic carbocycles. The van der Waals surface area contributed by atoms with E-state index >= 15 is 0 Å². The van der Waals surface area contributed by atoms with Crippen molar-refractivity contribution in [1.82, 2.24) is 25.1 Å². The first-order chi connectivity index (χ1) is 13.7. The Kier molecular flexibility index (Phi) is 6.96. The zero-order valence-electron chi connectivity index (χ0n) is 16.1. The summed E-state index contributed by atoms with van der Waals surface area (Å²) in [7, 11) is 1.57. The molecule has 0 bridgehead atoms. The minimum absolute atomic E-state index is 0.0461. The van der Waals surface area contributed by atoms with Crippen LogP contribution in [0.25, 0.3) is 0 Å². The van der Waals surface area contributed by atoms with E-state index in [9.17, 15) is 9.59 Å². The smallest absolute Gasteiger partial charge is 0.244 e. The first-order valence-corrected chi connectivity index (χ1v) is 9.45. The Hall–Kier alpha value is -2.94. The summed E-state index contributed by atoms with van der Waals surface area (Å²) in [5.41, 5.74) is 0.885. The van der Waals surface area contributed by atoms with Gasteiger partial charge in [-0.1, -0.05) is 0 Å². The van der Waals surface area contributed by atoms with Gasteiger partial charge in [0, 0.05) is 62.0 Å². The molecule has 0 saturated carbocycles. The molecule has 2 amide bonds. The molecule has 0 radical (unpaired) electrons. The van der Waals surface area contributed by atoms with E-state index in [1.54, 1.807) is 41.7 Å². The number of rotatable bonds is 8. The SMILES string of the molecule is CO[n+]1ccc(CC(=O)N2CCNCC2C(=O)NCCCn2ccnc2)cc1. The van der Waals surface area contributed by atoms with Crippen molar-refractivity contribution in [1.29, 1.82) is 0 Å². The average Bonchev–Trinajstić information content (AvgIpc) is 3.25. The van der Waals surface area contributed by atoms with E-state index in [0.717, 1.165) is 18.5 Å². The van der Waals surface area contributed by atoms with Crippen molar-refractivity contribution < 1.29 is 19.2 Å². The van der Waals surface area contributed by atoms with Crippen molar-refractivity contribution in [3.8, 4) is 0 Å². The fourth-order valence-electron chi connectivity index (χ4n) is 3.21. The predicted molar refractivity (Wildman–Crippen MR) is 101 cm³/mol. The van der Waals surface area contributed by atoms with Gasteiger partial charge in [-0.05, 0) is 12.0 Å². The Bertz CT molecular complexity index is 762. The molecule has 2 N–H and O–H groups in total. The summed E-state index contributed by atoms with van der Waals surface area (Å²) in [6, 6.07) is 3.20. The Balaban J connectivity index is 1.51. The Labute approximate surface area is 164 Å². The maximum absolute atomic E-state index is 12.8. The van der Waals surface area contributed by atoms with Crippen LogP contribution in [0.3, 0.4) is 0 Å². The van der Waals surface area contributed by atoms with Gasteiger partial charge in [-0.25, -0.2) is 4.98 Å². The number of imidazole rings is 1. The largest absolute Gasteiger partial charge is 0.354 e. The second kappa shape index (κ2) is 9.84. The van der Waals surface area contributed by atoms with Gasteiger partial charge in [0.15, 0.2) is 0 Å². The number of aromatic nitrogens is 3. The summed E-state index contributed by atoms with van der Waals surface area (Å²) in [6.45, 7) is 3.04. The van der Waals surface area contributed by atoms with Crippen LogP contribution in [0, 0.1) is 0 Å². The summed E-state index contributed by atoms with van der Waals surface area (Å²) >= 11 is 0. The van der Waals surface area contributed by atoms with Gasteiger partial charge in [-0.15, -0.1) is 0 Å². The minimum Gasteiger partial charge on any atom is -0.354 e. The van der Waals surface area contributed by atoms with Crippen molar-refractivity contribution in [3.63, 3.8) is 0 Å². The first kappa shape index (κ1) is 19.8. The summed E-state index contributed by atoms with van der Waals surface area (Å²) in [5.74, 6) is -0.160. The highest BCUT2D eigenvalue weighted by Crippen LogP contribution is 2.08. The Morgan fingerprint density at radius 2 is 2.21 bits per heavy atom. The topological polar surface area (TPSA) is 92.4 Å². The molecular formula is C19H27N6O3+. The Morgan fingerprint density at radius 3 is 2.93 bits per heavy atom. The number of piperazine rings is 1. The van der Waals surface area contributed by atoms with Gasteiger partial charge in [-0.2, -0.15) is 0 Å². The maximum atomic E-state index is 12.8. The molecule has 1 saturated heterocycles. The van der Waals surface area contributed by atoms with Crippen molar-refractivity contribution in [2.24, 2.45) is 0 Å². The van der Waals surface area contributed by atoms with Gasteiger partial charge >= 0.3 is 0 Å². The standard InChI is InChI=1S/C19H26N6O3/c1-28-24-9-3-16(4-10-24)13-18(26)25-12-7-20-14-17(25)19(27)22-5-2-8-23-11-6-21-15-23/h3-4,6,9-11,15,17,20H,2,5,7-8,12-14H2,1H3/p+1. The highest BCUT2D eigenvalue weighted by molar-refractivity contribution is 5.88. The number of nitrogens with one attached hydrogen (secondary N) is 2. The molecule has 1 fully saturated rings. The number of amides is 2. The van der Waals surface area contributed by atoms with Crippen molar-refractivity contribution >= 4 is 11.8 Å². The molecule has 150 valence electrons. The normalized spacial score (nSPS) is 16.6. The van der Waals surface area contributed by atoms with Crippen LogP contribution in [-0.4, -0.2) is 65.6 Å². The molecule has 3 heterocycles. The van der Waals surface area contributed by atoms with E-state index in [1.807, 2.05) is 22.9 Å². The van der Waals surface area contributed by atoms with Crippen molar-refractivity contribution in [2.45, 2.75) is 25.4 Å². The van der Waals surface area contributed by atoms with E-state index in [0.29, 0.717) is 26.2 Å². The first-order valence-electron chi connectivity index (χ1n) is 9.45. The lowest BCUT2D eigenvalue weighted by Crippen LogP contribution is -2.60. The summed E-state index contributed by atoms with van der Waals surface area (Å²) < 4.78 is 3.52. The summed E-state index contributed by atoms with van der Waals surface area (Å²) in [5, 5.41) is 6.16. The van der Waals surface area contributed by atoms with E-state index < -0.39 is 6.04 Å². The third-order valence-electron chi connectivity index (χ3n) is 4.76. The maximum Gasteiger partial charge on any atom is 0.244 e. The zero-order valence-corrected chi connectivity index (χ0v) is 16.1. The second-order valence-corrected chi connectivity index (χ2v) is 6.68. The number of carbonyl (C=O) groups is 2. The highest BCUT2D eigenvalue weighted by Gasteiger charge is 2.31. The van der Waals surface area contributed by atoms with Crippen molar-refractivity contribution in [3.05, 3.63) is 48.8 Å². The van der Waals surface area contributed by atoms with E-state index in [1.165, 1.54) is 0 Å². The number of nitrogens with zero attached hydrogens (tertiary/aromatic N) is 4. The lowest BCUT2D eigenvalue weighted by molar-refractivity contribution is -0.885. The van der Waals surface area contributed by atoms with Gasteiger partial charge in [-0.3, -0.25) is 14.4 Å². The molecule has 1 aliphatic rings. The lowest BCUT2D eigenvalue weighted by Gasteiger charge is -2.35. The van der Waals surface area contributed by atoms with Gasteiger partial charge < -0.3 is 20.1 Å². The summed E-state index contributed by atoms with van der Waals surface area (Å²) in [6.07, 6.45) is 9.96. The molecule has 0 spiro atoms. The Morgan fingerprint density at radius 1 is 1.39 bits per heavy atom. The highest BCUT2D eigenvalue weighted by atomic mass is 16.6. The monoisotopic (exact) mass is 387 g/mol. The van der Waals surface area contributed by atoms with Gasteiger partial charge in [0.05, 0.1) is 12.7 Å². The molecule has 28 heavy (non-hydrogen) atoms. The number of hydrogen-bond donors (Lipinski definition) is 2. The van der Waals surface area contributed by atoms with E-state index in [-0.39, 0.29) is 18.2 Å². The van der Waals surface area contributed by atoms with E-state index in [2.05, 4.69) is 15.6 Å². The molecule has 2 aromatic rings. The van der Waals surface area contributed by atoms with E-state index in [4.69, 9.17) is 4.84 Å². The number of aryl methyl sites for hydroxylation is 1. The van der Waals surface area contributed by atoms with Gasteiger partial charge in [0.1, 0.15) is 13.2 Å². The van der Waals surface area contributed by atoms with Crippen LogP contribution in [0.4, 0.5) is 0 Å². The van der Waals surface area contributed by atoms with Gasteiger partial charge in [0.2, 0.25) is 24.2 Å². The summed E-state index contributed by atoms with van der Waals surface area (Å²) in [4.78, 5) is 36.2. The quantitative estimate of drug-likeness (QED) is 0.438. The molecule has 9 heteroatoms. The fraction of sp³-hybridized carbons (Fsp3) is 0.474. The molecule has 9 nitrogen and oxygen atoms in total. The lowest BCUT2D eigenvalue weighted by atomic mass is 10.1. The zero-order chi connectivity index (χ0) is 19.8.